The van der Waals surface area contributed by atoms with Gasteiger partial charge in [-0.25, -0.2) is 0 Å². The van der Waals surface area contributed by atoms with Crippen LogP contribution in [0.5, 0.6) is 0 Å². The van der Waals surface area contributed by atoms with Crippen molar-refractivity contribution in [3.05, 3.63) is 0 Å². The first-order chi connectivity index (χ1) is 8.58. The fraction of sp³-hybridized carbons (Fsp3) is 1.00. The zero-order valence-corrected chi connectivity index (χ0v) is 12.6. The largest absolute Gasteiger partial charge is 0.316 e. The molecule has 1 atom stereocenters. The van der Waals surface area contributed by atoms with E-state index >= 15 is 0 Å². The van der Waals surface area contributed by atoms with Crippen LogP contribution in [0.1, 0.15) is 59.3 Å². The Labute approximate surface area is 113 Å². The lowest BCUT2D eigenvalue weighted by atomic mass is 9.75. The highest BCUT2D eigenvalue weighted by Crippen LogP contribution is 2.49. The maximum atomic E-state index is 3.78. The van der Waals surface area contributed by atoms with Crippen molar-refractivity contribution in [3.63, 3.8) is 0 Å². The van der Waals surface area contributed by atoms with Gasteiger partial charge in [-0.2, -0.15) is 0 Å². The fourth-order valence-electron chi connectivity index (χ4n) is 3.54. The summed E-state index contributed by atoms with van der Waals surface area (Å²) in [6.07, 6.45) is 8.44. The molecule has 0 amide bonds. The van der Waals surface area contributed by atoms with E-state index in [1.54, 1.807) is 0 Å². The Morgan fingerprint density at radius 1 is 1.33 bits per heavy atom. The lowest BCUT2D eigenvalue weighted by Gasteiger charge is -2.38. The molecule has 2 aliphatic rings. The first-order valence-electron chi connectivity index (χ1n) is 7.99. The van der Waals surface area contributed by atoms with E-state index < -0.39 is 0 Å². The Morgan fingerprint density at radius 2 is 2.11 bits per heavy atom. The van der Waals surface area contributed by atoms with Crippen molar-refractivity contribution in [1.82, 2.24) is 10.6 Å². The van der Waals surface area contributed by atoms with Gasteiger partial charge in [0.1, 0.15) is 0 Å². The van der Waals surface area contributed by atoms with Gasteiger partial charge in [0, 0.05) is 13.1 Å². The van der Waals surface area contributed by atoms with E-state index in [9.17, 15) is 0 Å². The monoisotopic (exact) mass is 252 g/mol. The molecule has 0 bridgehead atoms. The van der Waals surface area contributed by atoms with Crippen molar-refractivity contribution in [3.8, 4) is 0 Å². The van der Waals surface area contributed by atoms with Gasteiger partial charge in [-0.15, -0.1) is 0 Å². The molecule has 2 nitrogen and oxygen atoms in total. The van der Waals surface area contributed by atoms with Gasteiger partial charge in [-0.3, -0.25) is 0 Å². The Kier molecular flexibility index (Phi) is 4.71. The first-order valence-corrected chi connectivity index (χ1v) is 7.99. The third-order valence-corrected chi connectivity index (χ3v) is 5.22. The molecule has 2 fully saturated rings. The first kappa shape index (κ1) is 14.3. The fourth-order valence-corrected chi connectivity index (χ4v) is 3.54. The van der Waals surface area contributed by atoms with Crippen molar-refractivity contribution in [2.45, 2.75) is 59.3 Å². The molecule has 0 aromatic heterocycles. The van der Waals surface area contributed by atoms with Crippen molar-refractivity contribution >= 4 is 0 Å². The Hall–Kier alpha value is -0.0800. The van der Waals surface area contributed by atoms with Gasteiger partial charge in [-0.05, 0) is 61.9 Å². The molecule has 18 heavy (non-hydrogen) atoms. The SMILES string of the molecule is CCCC1(CNCC(C)(C)C2CCCNC2)CC1. The minimum Gasteiger partial charge on any atom is -0.316 e. The summed E-state index contributed by atoms with van der Waals surface area (Å²) in [4.78, 5) is 0. The summed E-state index contributed by atoms with van der Waals surface area (Å²) in [5.74, 6) is 0.847. The Morgan fingerprint density at radius 3 is 2.67 bits per heavy atom. The second-order valence-electron chi connectivity index (χ2n) is 7.39. The van der Waals surface area contributed by atoms with Gasteiger partial charge in [-0.1, -0.05) is 27.2 Å². The van der Waals surface area contributed by atoms with Gasteiger partial charge in [0.25, 0.3) is 0 Å². The zero-order chi connectivity index (χ0) is 13.1. The molecule has 1 saturated heterocycles. The zero-order valence-electron chi connectivity index (χ0n) is 12.6. The Bertz CT molecular complexity index is 250. The molecule has 2 heteroatoms. The summed E-state index contributed by atoms with van der Waals surface area (Å²) in [5.41, 5.74) is 1.13. The van der Waals surface area contributed by atoms with Crippen LogP contribution >= 0.6 is 0 Å². The molecule has 2 rings (SSSR count). The summed E-state index contributed by atoms with van der Waals surface area (Å²) in [5, 5.41) is 7.34. The molecule has 106 valence electrons. The molecule has 1 aliphatic heterocycles. The molecule has 1 unspecified atom stereocenters. The van der Waals surface area contributed by atoms with Crippen LogP contribution in [0.25, 0.3) is 0 Å². The van der Waals surface area contributed by atoms with Crippen molar-refractivity contribution in [2.75, 3.05) is 26.2 Å². The smallest absolute Gasteiger partial charge is 0.000804 e. The van der Waals surface area contributed by atoms with E-state index in [2.05, 4.69) is 31.4 Å². The minimum atomic E-state index is 0.440. The minimum absolute atomic E-state index is 0.440. The summed E-state index contributed by atoms with van der Waals surface area (Å²) >= 11 is 0. The molecule has 0 spiro atoms. The van der Waals surface area contributed by atoms with Crippen molar-refractivity contribution in [1.29, 1.82) is 0 Å². The Balaban J connectivity index is 1.71. The summed E-state index contributed by atoms with van der Waals surface area (Å²) in [6, 6.07) is 0. The van der Waals surface area contributed by atoms with E-state index in [1.807, 2.05) is 0 Å². The van der Waals surface area contributed by atoms with Crippen LogP contribution < -0.4 is 10.6 Å². The van der Waals surface area contributed by atoms with E-state index in [1.165, 1.54) is 64.7 Å². The lowest BCUT2D eigenvalue weighted by molar-refractivity contribution is 0.163. The highest BCUT2D eigenvalue weighted by molar-refractivity contribution is 4.95. The number of hydrogen-bond acceptors (Lipinski definition) is 2. The molecule has 1 saturated carbocycles. The number of piperidine rings is 1. The summed E-state index contributed by atoms with van der Waals surface area (Å²) in [7, 11) is 0. The van der Waals surface area contributed by atoms with Crippen LogP contribution in [0, 0.1) is 16.7 Å². The van der Waals surface area contributed by atoms with Crippen LogP contribution in [0.2, 0.25) is 0 Å². The van der Waals surface area contributed by atoms with Crippen molar-refractivity contribution < 1.29 is 0 Å². The van der Waals surface area contributed by atoms with E-state index in [0.29, 0.717) is 10.8 Å². The molecule has 1 aliphatic carbocycles. The van der Waals surface area contributed by atoms with Crippen LogP contribution in [0.3, 0.4) is 0 Å². The third kappa shape index (κ3) is 3.71. The average molecular weight is 252 g/mol. The lowest BCUT2D eigenvalue weighted by Crippen LogP contribution is -2.44. The average Bonchev–Trinajstić information content (AvgIpc) is 3.11. The number of rotatable bonds is 7. The predicted octanol–water partition coefficient (Wildman–Crippen LogP) is 3.18. The predicted molar refractivity (Wildman–Crippen MR) is 78.8 cm³/mol. The van der Waals surface area contributed by atoms with E-state index in [4.69, 9.17) is 0 Å². The van der Waals surface area contributed by atoms with E-state index in [0.717, 1.165) is 5.92 Å². The van der Waals surface area contributed by atoms with Crippen molar-refractivity contribution in [2.24, 2.45) is 16.7 Å². The molecule has 1 heterocycles. The molecular formula is C16H32N2. The van der Waals surface area contributed by atoms with Crippen LogP contribution in [-0.2, 0) is 0 Å². The highest BCUT2D eigenvalue weighted by Gasteiger charge is 2.41. The summed E-state index contributed by atoms with van der Waals surface area (Å²) < 4.78 is 0. The number of hydrogen-bond donors (Lipinski definition) is 2. The van der Waals surface area contributed by atoms with Gasteiger partial charge < -0.3 is 10.6 Å². The standard InChI is InChI=1S/C16H32N2/c1-4-7-16(8-9-16)13-18-12-15(2,3)14-6-5-10-17-11-14/h14,17-18H,4-13H2,1-3H3. The third-order valence-electron chi connectivity index (χ3n) is 5.22. The highest BCUT2D eigenvalue weighted by atomic mass is 14.9. The maximum Gasteiger partial charge on any atom is 0.000804 e. The molecular weight excluding hydrogens is 220 g/mol. The topological polar surface area (TPSA) is 24.1 Å². The molecule has 0 aromatic carbocycles. The van der Waals surface area contributed by atoms with Gasteiger partial charge in [0.05, 0.1) is 0 Å². The van der Waals surface area contributed by atoms with E-state index in [-0.39, 0.29) is 0 Å². The number of nitrogens with one attached hydrogen (secondary N) is 2. The van der Waals surface area contributed by atoms with Crippen LogP contribution in [-0.4, -0.2) is 26.2 Å². The van der Waals surface area contributed by atoms with Gasteiger partial charge >= 0.3 is 0 Å². The van der Waals surface area contributed by atoms with Crippen LogP contribution in [0.15, 0.2) is 0 Å². The normalized spacial score (nSPS) is 27.2. The molecule has 2 N–H and O–H groups in total. The second-order valence-corrected chi connectivity index (χ2v) is 7.39. The molecule has 0 radical (unpaired) electrons. The van der Waals surface area contributed by atoms with Gasteiger partial charge in [0.15, 0.2) is 0 Å². The molecule has 0 aromatic rings. The second kappa shape index (κ2) is 5.92. The summed E-state index contributed by atoms with van der Waals surface area (Å²) in [6.45, 7) is 12.1. The van der Waals surface area contributed by atoms with Gasteiger partial charge in [0.2, 0.25) is 0 Å². The van der Waals surface area contributed by atoms with Crippen LogP contribution in [0.4, 0.5) is 0 Å². The quantitative estimate of drug-likeness (QED) is 0.727. The maximum absolute atomic E-state index is 3.78.